The molecular formula is C14H28N2O. The minimum absolute atomic E-state index is 0.368. The van der Waals surface area contributed by atoms with Crippen molar-refractivity contribution in [1.29, 1.82) is 0 Å². The third-order valence-corrected chi connectivity index (χ3v) is 5.15. The molecular weight excluding hydrogens is 212 g/mol. The van der Waals surface area contributed by atoms with E-state index in [0.717, 1.165) is 6.54 Å². The summed E-state index contributed by atoms with van der Waals surface area (Å²) in [4.78, 5) is 4.96. The lowest BCUT2D eigenvalue weighted by Crippen LogP contribution is -2.54. The molecule has 0 radical (unpaired) electrons. The molecule has 0 unspecified atom stereocenters. The van der Waals surface area contributed by atoms with Crippen molar-refractivity contribution in [1.82, 2.24) is 9.80 Å². The molecule has 0 amide bonds. The van der Waals surface area contributed by atoms with Gasteiger partial charge in [-0.05, 0) is 65.2 Å². The van der Waals surface area contributed by atoms with E-state index in [4.69, 9.17) is 0 Å². The van der Waals surface area contributed by atoms with Gasteiger partial charge in [0.25, 0.3) is 0 Å². The van der Waals surface area contributed by atoms with Gasteiger partial charge in [-0.2, -0.15) is 0 Å². The third kappa shape index (κ3) is 2.67. The zero-order chi connectivity index (χ0) is 12.5. The Kier molecular flexibility index (Phi) is 4.11. The van der Waals surface area contributed by atoms with E-state index in [1.807, 2.05) is 0 Å². The second-order valence-corrected chi connectivity index (χ2v) is 6.38. The molecule has 0 aliphatic carbocycles. The first kappa shape index (κ1) is 13.3. The summed E-state index contributed by atoms with van der Waals surface area (Å²) in [5.41, 5.74) is 0.437. The predicted octanol–water partition coefficient (Wildman–Crippen LogP) is 1.42. The first-order valence-electron chi connectivity index (χ1n) is 7.11. The maximum absolute atomic E-state index is 9.73. The molecule has 0 aromatic carbocycles. The number of hydrogen-bond donors (Lipinski definition) is 1. The summed E-state index contributed by atoms with van der Waals surface area (Å²) in [6.45, 7) is 9.63. The molecule has 1 spiro atoms. The van der Waals surface area contributed by atoms with Gasteiger partial charge in [0.1, 0.15) is 0 Å². The van der Waals surface area contributed by atoms with Gasteiger partial charge in [-0.15, -0.1) is 0 Å². The van der Waals surface area contributed by atoms with Crippen LogP contribution in [0, 0.1) is 11.3 Å². The van der Waals surface area contributed by atoms with Gasteiger partial charge >= 0.3 is 0 Å². The average molecular weight is 240 g/mol. The fraction of sp³-hybridized carbons (Fsp3) is 1.00. The Labute approximate surface area is 106 Å². The lowest BCUT2D eigenvalue weighted by molar-refractivity contribution is -0.0454. The van der Waals surface area contributed by atoms with Crippen molar-refractivity contribution in [2.45, 2.75) is 39.2 Å². The molecule has 2 heterocycles. The van der Waals surface area contributed by atoms with E-state index in [0.29, 0.717) is 24.0 Å². The summed E-state index contributed by atoms with van der Waals surface area (Å²) in [7, 11) is 2.21. The molecule has 2 aliphatic heterocycles. The zero-order valence-corrected chi connectivity index (χ0v) is 11.7. The quantitative estimate of drug-likeness (QED) is 0.791. The van der Waals surface area contributed by atoms with E-state index in [1.165, 1.54) is 38.9 Å². The zero-order valence-electron chi connectivity index (χ0n) is 11.7. The van der Waals surface area contributed by atoms with Crippen LogP contribution in [0.1, 0.15) is 33.1 Å². The SMILES string of the molecule is CC(C)N1CCC2(CCN(C)CC2)[C@@H](CO)C1. The van der Waals surface area contributed by atoms with Gasteiger partial charge in [-0.1, -0.05) is 0 Å². The Balaban J connectivity index is 2.03. The monoisotopic (exact) mass is 240 g/mol. The molecule has 0 bridgehead atoms. The normalized spacial score (nSPS) is 31.2. The van der Waals surface area contributed by atoms with Crippen LogP contribution in [0.4, 0.5) is 0 Å². The van der Waals surface area contributed by atoms with Crippen LogP contribution >= 0.6 is 0 Å². The van der Waals surface area contributed by atoms with Crippen LogP contribution in [0.2, 0.25) is 0 Å². The maximum atomic E-state index is 9.73. The number of hydrogen-bond acceptors (Lipinski definition) is 3. The number of nitrogens with zero attached hydrogens (tertiary/aromatic N) is 2. The molecule has 17 heavy (non-hydrogen) atoms. The van der Waals surface area contributed by atoms with Gasteiger partial charge in [0, 0.05) is 25.1 Å². The summed E-state index contributed by atoms with van der Waals surface area (Å²) in [5.74, 6) is 0.493. The van der Waals surface area contributed by atoms with Crippen LogP contribution in [0.3, 0.4) is 0 Å². The lowest BCUT2D eigenvalue weighted by atomic mass is 9.64. The molecule has 0 aromatic rings. The summed E-state index contributed by atoms with van der Waals surface area (Å²) in [5, 5.41) is 9.73. The van der Waals surface area contributed by atoms with Crippen molar-refractivity contribution in [2.75, 3.05) is 39.8 Å². The van der Waals surface area contributed by atoms with Gasteiger partial charge in [0.15, 0.2) is 0 Å². The number of piperidine rings is 2. The van der Waals surface area contributed by atoms with E-state index in [1.54, 1.807) is 0 Å². The number of likely N-dealkylation sites (tertiary alicyclic amines) is 2. The number of rotatable bonds is 2. The smallest absolute Gasteiger partial charge is 0.0476 e. The summed E-state index contributed by atoms with van der Waals surface area (Å²) < 4.78 is 0. The molecule has 100 valence electrons. The third-order valence-electron chi connectivity index (χ3n) is 5.15. The van der Waals surface area contributed by atoms with E-state index >= 15 is 0 Å². The Hall–Kier alpha value is -0.120. The fourth-order valence-corrected chi connectivity index (χ4v) is 3.58. The molecule has 0 aromatic heterocycles. The average Bonchev–Trinajstić information content (AvgIpc) is 2.33. The van der Waals surface area contributed by atoms with Crippen LogP contribution in [-0.2, 0) is 0 Å². The minimum Gasteiger partial charge on any atom is -0.396 e. The Morgan fingerprint density at radius 3 is 2.29 bits per heavy atom. The first-order valence-corrected chi connectivity index (χ1v) is 7.11. The molecule has 1 N–H and O–H groups in total. The van der Waals surface area contributed by atoms with Gasteiger partial charge in [0.2, 0.25) is 0 Å². The van der Waals surface area contributed by atoms with Crippen molar-refractivity contribution >= 4 is 0 Å². The van der Waals surface area contributed by atoms with Crippen molar-refractivity contribution in [2.24, 2.45) is 11.3 Å². The summed E-state index contributed by atoms with van der Waals surface area (Å²) in [6.07, 6.45) is 3.84. The highest BCUT2D eigenvalue weighted by Gasteiger charge is 2.44. The largest absolute Gasteiger partial charge is 0.396 e. The van der Waals surface area contributed by atoms with E-state index in [-0.39, 0.29) is 0 Å². The molecule has 1 atom stereocenters. The van der Waals surface area contributed by atoms with Crippen LogP contribution in [-0.4, -0.2) is 60.8 Å². The standard InChI is InChI=1S/C14H28N2O/c1-12(2)16-9-6-14(13(10-16)11-17)4-7-15(3)8-5-14/h12-13,17H,4-11H2,1-3H3/t13-/m1/s1. The lowest BCUT2D eigenvalue weighted by Gasteiger charge is -2.52. The summed E-state index contributed by atoms with van der Waals surface area (Å²) in [6, 6.07) is 0.618. The first-order chi connectivity index (χ1) is 8.07. The van der Waals surface area contributed by atoms with Crippen LogP contribution in [0.15, 0.2) is 0 Å². The Bertz CT molecular complexity index is 247. The molecule has 2 aliphatic rings. The van der Waals surface area contributed by atoms with Crippen molar-refractivity contribution in [3.05, 3.63) is 0 Å². The van der Waals surface area contributed by atoms with Gasteiger partial charge in [0.05, 0.1) is 0 Å². The van der Waals surface area contributed by atoms with Gasteiger partial charge < -0.3 is 14.9 Å². The van der Waals surface area contributed by atoms with Crippen LogP contribution in [0.5, 0.6) is 0 Å². The van der Waals surface area contributed by atoms with E-state index < -0.39 is 0 Å². The topological polar surface area (TPSA) is 26.7 Å². The van der Waals surface area contributed by atoms with E-state index in [9.17, 15) is 5.11 Å². The van der Waals surface area contributed by atoms with Crippen LogP contribution < -0.4 is 0 Å². The van der Waals surface area contributed by atoms with Gasteiger partial charge in [-0.3, -0.25) is 0 Å². The van der Waals surface area contributed by atoms with Crippen LogP contribution in [0.25, 0.3) is 0 Å². The van der Waals surface area contributed by atoms with Crippen molar-refractivity contribution in [3.8, 4) is 0 Å². The number of aliphatic hydroxyl groups is 1. The van der Waals surface area contributed by atoms with Crippen molar-refractivity contribution < 1.29 is 5.11 Å². The maximum Gasteiger partial charge on any atom is 0.0476 e. The molecule has 3 nitrogen and oxygen atoms in total. The molecule has 0 saturated carbocycles. The predicted molar refractivity (Wildman–Crippen MR) is 71.1 cm³/mol. The van der Waals surface area contributed by atoms with Crippen molar-refractivity contribution in [3.63, 3.8) is 0 Å². The van der Waals surface area contributed by atoms with E-state index in [2.05, 4.69) is 30.7 Å². The highest BCUT2D eigenvalue weighted by molar-refractivity contribution is 4.96. The fourth-order valence-electron chi connectivity index (χ4n) is 3.58. The Morgan fingerprint density at radius 2 is 1.76 bits per heavy atom. The molecule has 2 rings (SSSR count). The minimum atomic E-state index is 0.368. The highest BCUT2D eigenvalue weighted by atomic mass is 16.3. The summed E-state index contributed by atoms with van der Waals surface area (Å²) >= 11 is 0. The number of aliphatic hydroxyl groups excluding tert-OH is 1. The molecule has 3 heteroatoms. The molecule has 2 saturated heterocycles. The molecule has 2 fully saturated rings. The second kappa shape index (κ2) is 5.25. The Morgan fingerprint density at radius 1 is 1.18 bits per heavy atom. The highest BCUT2D eigenvalue weighted by Crippen LogP contribution is 2.45. The van der Waals surface area contributed by atoms with Gasteiger partial charge in [-0.25, -0.2) is 0 Å². The second-order valence-electron chi connectivity index (χ2n) is 6.38.